The Kier molecular flexibility index (Phi) is 3.40. The van der Waals surface area contributed by atoms with Crippen LogP contribution in [0.2, 0.25) is 0 Å². The van der Waals surface area contributed by atoms with E-state index in [1.807, 2.05) is 42.5 Å². The molecule has 3 heteroatoms. The molecule has 2 rings (SSSR count). The molecule has 0 aliphatic heterocycles. The fraction of sp³-hybridized carbons (Fsp3) is 0.0714. The Bertz CT molecular complexity index is 504. The average Bonchev–Trinajstić information content (AvgIpc) is 2.39. The molecule has 0 fully saturated rings. The van der Waals surface area contributed by atoms with E-state index in [1.54, 1.807) is 19.2 Å². The number of hydrogen-bond acceptors (Lipinski definition) is 2. The second-order valence-corrected chi connectivity index (χ2v) is 3.61. The Hall–Kier alpha value is -2.29. The van der Waals surface area contributed by atoms with Gasteiger partial charge in [0.1, 0.15) is 11.6 Å². The van der Waals surface area contributed by atoms with E-state index in [9.17, 15) is 5.11 Å². The van der Waals surface area contributed by atoms with Crippen molar-refractivity contribution >= 4 is 11.5 Å². The van der Waals surface area contributed by atoms with Gasteiger partial charge in [0.25, 0.3) is 0 Å². The molecule has 2 aromatic rings. The predicted molar refractivity (Wildman–Crippen MR) is 70.6 cm³/mol. The Balaban J connectivity index is 2.19. The normalized spacial score (nSPS) is 11.2. The summed E-state index contributed by atoms with van der Waals surface area (Å²) in [4.78, 5) is 4.22. The Labute approximate surface area is 100 Å². The van der Waals surface area contributed by atoms with Crippen LogP contribution in [0.4, 0.5) is 5.69 Å². The van der Waals surface area contributed by atoms with E-state index < -0.39 is 0 Å². The number of hydrogen-bond donors (Lipinski definition) is 2. The van der Waals surface area contributed by atoms with Gasteiger partial charge in [0, 0.05) is 18.3 Å². The van der Waals surface area contributed by atoms with Crippen molar-refractivity contribution in [3.63, 3.8) is 0 Å². The maximum absolute atomic E-state index is 9.21. The number of nitrogens with zero attached hydrogens (tertiary/aromatic N) is 1. The quantitative estimate of drug-likeness (QED) is 0.470. The number of rotatable bonds is 2. The average molecular weight is 226 g/mol. The van der Waals surface area contributed by atoms with Crippen LogP contribution in [0.25, 0.3) is 0 Å². The summed E-state index contributed by atoms with van der Waals surface area (Å²) in [5.74, 6) is 1.06. The van der Waals surface area contributed by atoms with Gasteiger partial charge in [0.05, 0.1) is 0 Å². The highest BCUT2D eigenvalue weighted by Crippen LogP contribution is 2.15. The number of aromatic hydroxyl groups is 1. The highest BCUT2D eigenvalue weighted by molar-refractivity contribution is 6.08. The first-order chi connectivity index (χ1) is 8.29. The number of anilines is 1. The monoisotopic (exact) mass is 226 g/mol. The fourth-order valence-electron chi connectivity index (χ4n) is 1.53. The molecule has 0 atom stereocenters. The summed E-state index contributed by atoms with van der Waals surface area (Å²) in [7, 11) is 1.75. The fourth-order valence-corrected chi connectivity index (χ4v) is 1.53. The van der Waals surface area contributed by atoms with Gasteiger partial charge in [-0.25, -0.2) is 0 Å². The Morgan fingerprint density at radius 1 is 1.00 bits per heavy atom. The molecule has 0 unspecified atom stereocenters. The van der Waals surface area contributed by atoms with E-state index in [0.29, 0.717) is 0 Å². The van der Waals surface area contributed by atoms with Crippen molar-refractivity contribution in [1.82, 2.24) is 0 Å². The van der Waals surface area contributed by atoms with Gasteiger partial charge >= 0.3 is 0 Å². The largest absolute Gasteiger partial charge is 0.508 e. The van der Waals surface area contributed by atoms with Gasteiger partial charge in [-0.1, -0.05) is 30.3 Å². The molecule has 0 aliphatic rings. The van der Waals surface area contributed by atoms with E-state index >= 15 is 0 Å². The second-order valence-electron chi connectivity index (χ2n) is 3.61. The van der Waals surface area contributed by atoms with Crippen LogP contribution >= 0.6 is 0 Å². The SMILES string of the molecule is CN=C(Nc1ccc(O)cc1)c1ccccc1. The molecule has 86 valence electrons. The zero-order valence-corrected chi connectivity index (χ0v) is 9.59. The molecular weight excluding hydrogens is 212 g/mol. The van der Waals surface area contributed by atoms with Crippen molar-refractivity contribution in [3.8, 4) is 5.75 Å². The van der Waals surface area contributed by atoms with Crippen molar-refractivity contribution in [2.75, 3.05) is 12.4 Å². The maximum atomic E-state index is 9.21. The highest BCUT2D eigenvalue weighted by Gasteiger charge is 2.01. The summed E-state index contributed by atoms with van der Waals surface area (Å²) in [5, 5.41) is 12.4. The van der Waals surface area contributed by atoms with Crippen LogP contribution in [0.15, 0.2) is 59.6 Å². The molecule has 0 aromatic heterocycles. The summed E-state index contributed by atoms with van der Waals surface area (Å²) in [6.07, 6.45) is 0. The molecule has 0 aliphatic carbocycles. The lowest BCUT2D eigenvalue weighted by atomic mass is 10.2. The number of phenols is 1. The lowest BCUT2D eigenvalue weighted by Crippen LogP contribution is -2.13. The summed E-state index contributed by atoms with van der Waals surface area (Å²) < 4.78 is 0. The van der Waals surface area contributed by atoms with Crippen molar-refractivity contribution in [2.45, 2.75) is 0 Å². The molecule has 0 amide bonds. The number of phenolic OH excluding ortho intramolecular Hbond substituents is 1. The molecule has 0 heterocycles. The van der Waals surface area contributed by atoms with Gasteiger partial charge in [-0.05, 0) is 24.3 Å². The van der Waals surface area contributed by atoms with E-state index in [1.165, 1.54) is 0 Å². The topological polar surface area (TPSA) is 44.6 Å². The number of nitrogens with one attached hydrogen (secondary N) is 1. The molecule has 0 spiro atoms. The predicted octanol–water partition coefficient (Wildman–Crippen LogP) is 2.88. The number of benzene rings is 2. The minimum Gasteiger partial charge on any atom is -0.508 e. The van der Waals surface area contributed by atoms with Crippen LogP contribution in [-0.4, -0.2) is 18.0 Å². The van der Waals surface area contributed by atoms with Gasteiger partial charge in [-0.15, -0.1) is 0 Å². The molecule has 2 N–H and O–H groups in total. The zero-order valence-electron chi connectivity index (χ0n) is 9.59. The molecule has 0 saturated heterocycles. The standard InChI is InChI=1S/C14H14N2O/c1-15-14(11-5-3-2-4-6-11)16-12-7-9-13(17)10-8-12/h2-10,17H,1H3,(H,15,16). The maximum Gasteiger partial charge on any atom is 0.132 e. The van der Waals surface area contributed by atoms with Crippen LogP contribution in [0, 0.1) is 0 Å². The van der Waals surface area contributed by atoms with Crippen molar-refractivity contribution in [1.29, 1.82) is 0 Å². The minimum absolute atomic E-state index is 0.255. The Morgan fingerprint density at radius 3 is 2.24 bits per heavy atom. The van der Waals surface area contributed by atoms with Gasteiger partial charge in [-0.2, -0.15) is 0 Å². The smallest absolute Gasteiger partial charge is 0.132 e. The summed E-state index contributed by atoms with van der Waals surface area (Å²) in [5.41, 5.74) is 1.93. The van der Waals surface area contributed by atoms with Crippen LogP contribution in [0.3, 0.4) is 0 Å². The molecule has 0 bridgehead atoms. The number of amidine groups is 1. The first kappa shape index (κ1) is 11.2. The number of aliphatic imine (C=N–C) groups is 1. The van der Waals surface area contributed by atoms with Crippen LogP contribution in [-0.2, 0) is 0 Å². The summed E-state index contributed by atoms with van der Waals surface area (Å²) >= 11 is 0. The van der Waals surface area contributed by atoms with Gasteiger partial charge in [0.15, 0.2) is 0 Å². The lowest BCUT2D eigenvalue weighted by molar-refractivity contribution is 0.475. The van der Waals surface area contributed by atoms with E-state index in [4.69, 9.17) is 0 Å². The van der Waals surface area contributed by atoms with Crippen LogP contribution < -0.4 is 5.32 Å². The van der Waals surface area contributed by atoms with Crippen LogP contribution in [0.1, 0.15) is 5.56 Å². The third-order valence-electron chi connectivity index (χ3n) is 2.40. The summed E-state index contributed by atoms with van der Waals surface area (Å²) in [6, 6.07) is 16.8. The van der Waals surface area contributed by atoms with E-state index in [2.05, 4.69) is 10.3 Å². The van der Waals surface area contributed by atoms with Gasteiger partial charge < -0.3 is 10.4 Å². The van der Waals surface area contributed by atoms with E-state index in [-0.39, 0.29) is 5.75 Å². The Morgan fingerprint density at radius 2 is 1.65 bits per heavy atom. The van der Waals surface area contributed by atoms with Crippen molar-refractivity contribution < 1.29 is 5.11 Å². The highest BCUT2D eigenvalue weighted by atomic mass is 16.3. The lowest BCUT2D eigenvalue weighted by Gasteiger charge is -2.09. The van der Waals surface area contributed by atoms with Gasteiger partial charge in [-0.3, -0.25) is 4.99 Å². The van der Waals surface area contributed by atoms with E-state index in [0.717, 1.165) is 17.1 Å². The molecule has 0 radical (unpaired) electrons. The molecule has 0 saturated carbocycles. The first-order valence-electron chi connectivity index (χ1n) is 5.38. The van der Waals surface area contributed by atoms with Crippen LogP contribution in [0.5, 0.6) is 5.75 Å². The zero-order chi connectivity index (χ0) is 12.1. The van der Waals surface area contributed by atoms with Crippen molar-refractivity contribution in [3.05, 3.63) is 60.2 Å². The third kappa shape index (κ3) is 2.84. The molecular formula is C14H14N2O. The third-order valence-corrected chi connectivity index (χ3v) is 2.40. The van der Waals surface area contributed by atoms with Crippen molar-refractivity contribution in [2.24, 2.45) is 4.99 Å². The molecule has 17 heavy (non-hydrogen) atoms. The molecule has 3 nitrogen and oxygen atoms in total. The second kappa shape index (κ2) is 5.16. The van der Waals surface area contributed by atoms with Gasteiger partial charge in [0.2, 0.25) is 0 Å². The minimum atomic E-state index is 0.255. The molecule has 2 aromatic carbocycles. The first-order valence-corrected chi connectivity index (χ1v) is 5.38. The summed E-state index contributed by atoms with van der Waals surface area (Å²) in [6.45, 7) is 0.